The molecule has 12 heteroatoms. The number of alkyl halides is 2. The average Bonchev–Trinajstić information content (AvgIpc) is 3.76. The number of carbonyl (C=O) groups is 3. The Morgan fingerprint density at radius 3 is 2.51 bits per heavy atom. The summed E-state index contributed by atoms with van der Waals surface area (Å²) in [5, 5.41) is 0.419. The van der Waals surface area contributed by atoms with Crippen molar-refractivity contribution in [3.8, 4) is 0 Å². The molecule has 3 amide bonds. The monoisotopic (exact) mass is 631 g/mol. The minimum Gasteiger partial charge on any atom is -0.365 e. The number of carbonyl (C=O) groups excluding carboxylic acids is 3. The zero-order valence-corrected chi connectivity index (χ0v) is 25.4. The van der Waals surface area contributed by atoms with E-state index in [1.165, 1.54) is 30.5 Å². The normalized spacial score (nSPS) is 20.8. The third-order valence-corrected chi connectivity index (χ3v) is 9.63. The zero-order chi connectivity index (χ0) is 31.0. The van der Waals surface area contributed by atoms with Crippen molar-refractivity contribution < 1.29 is 33.0 Å². The van der Waals surface area contributed by atoms with Crippen LogP contribution in [0.5, 0.6) is 0 Å². The molecule has 2 atom stereocenters. The summed E-state index contributed by atoms with van der Waals surface area (Å²) >= 11 is 1.09. The molecule has 0 aliphatic carbocycles. The van der Waals surface area contributed by atoms with Crippen molar-refractivity contribution >= 4 is 48.0 Å². The van der Waals surface area contributed by atoms with Crippen molar-refractivity contribution in [3.05, 3.63) is 82.8 Å². The van der Waals surface area contributed by atoms with Crippen molar-refractivity contribution in [1.82, 2.24) is 9.80 Å². The Morgan fingerprint density at radius 1 is 1.07 bits per heavy atom. The number of rotatable bonds is 5. The lowest BCUT2D eigenvalue weighted by Crippen LogP contribution is -2.34. The predicted molar refractivity (Wildman–Crippen MR) is 165 cm³/mol. The summed E-state index contributed by atoms with van der Waals surface area (Å²) in [5.41, 5.74) is 2.25. The maximum atomic E-state index is 13.4. The number of fused-ring (bicyclic) bond motifs is 2. The number of benzene rings is 2. The summed E-state index contributed by atoms with van der Waals surface area (Å²) in [5.74, 6) is 0.282. The summed E-state index contributed by atoms with van der Waals surface area (Å²) in [6.45, 7) is 2.77. The molecule has 2 unspecified atom stereocenters. The van der Waals surface area contributed by atoms with Crippen LogP contribution in [0.2, 0.25) is 0 Å². The van der Waals surface area contributed by atoms with E-state index in [9.17, 15) is 23.2 Å². The first-order valence-corrected chi connectivity index (χ1v) is 16.3. The number of allylic oxidation sites excluding steroid dienone is 1. The van der Waals surface area contributed by atoms with Crippen LogP contribution in [0.4, 0.5) is 8.78 Å². The van der Waals surface area contributed by atoms with Crippen LogP contribution in [0.15, 0.2) is 66.7 Å². The Bertz CT molecular complexity index is 1440. The minimum atomic E-state index is -3.70. The van der Waals surface area contributed by atoms with Gasteiger partial charge in [-0.1, -0.05) is 48.6 Å². The number of nitrogens with zero attached hydrogens (tertiary/aromatic N) is 2. The molecule has 3 aliphatic heterocycles. The number of halogens is 2. The maximum absolute atomic E-state index is 13.4. The number of hydrogen-bond donors (Lipinski definition) is 3. The van der Waals surface area contributed by atoms with Gasteiger partial charge in [0.25, 0.3) is 5.91 Å². The van der Waals surface area contributed by atoms with Gasteiger partial charge < -0.3 is 25.3 Å². The molecule has 3 aromatic rings. The third-order valence-electron chi connectivity index (χ3n) is 7.74. The molecule has 8 nitrogen and oxygen atoms in total. The summed E-state index contributed by atoms with van der Waals surface area (Å²) in [6, 6.07) is 15.9. The predicted octanol–water partition coefficient (Wildman–Crippen LogP) is 5.70. The molecular weight excluding hydrogens is 595 g/mol. The lowest BCUT2D eigenvalue weighted by atomic mass is 9.99. The van der Waals surface area contributed by atoms with Crippen LogP contribution >= 0.6 is 19.7 Å². The standard InChI is InChI=1S/C11H13NO.C10H8F2NO3PS.C10H15NO/c13-9-12-7-6-11(8-12)10-4-2-1-3-5-10;11-10(12,17(15)16)6-1-2-7-5(3-6)4-8(18-7)9(13)14;12-10-7-3-1-2-5-9-6-4-8-11(9)10/h1-5,9,11H,6-8H2;1-4,15-16H,(H2,13,14);2,5,9H,1,3-4,6-8H2/b;;5-2-. The Morgan fingerprint density at radius 2 is 1.84 bits per heavy atom. The van der Waals surface area contributed by atoms with Crippen LogP contribution in [0.1, 0.15) is 65.2 Å². The van der Waals surface area contributed by atoms with Crippen molar-refractivity contribution in [2.75, 3.05) is 19.6 Å². The second kappa shape index (κ2) is 15.0. The quantitative estimate of drug-likeness (QED) is 0.190. The molecule has 4 N–H and O–H groups in total. The molecule has 4 heterocycles. The van der Waals surface area contributed by atoms with E-state index in [0.29, 0.717) is 28.0 Å². The molecule has 0 bridgehead atoms. The number of primary amides is 1. The molecule has 3 aliphatic rings. The molecule has 0 spiro atoms. The number of hydrogen-bond acceptors (Lipinski definition) is 6. The molecule has 0 radical (unpaired) electrons. The third kappa shape index (κ3) is 8.44. The van der Waals surface area contributed by atoms with Crippen LogP contribution in [0.3, 0.4) is 0 Å². The summed E-state index contributed by atoms with van der Waals surface area (Å²) in [6.07, 6.45) is 11.7. The van der Waals surface area contributed by atoms with E-state index in [4.69, 9.17) is 15.5 Å². The molecule has 1 aromatic heterocycles. The van der Waals surface area contributed by atoms with Gasteiger partial charge in [0.2, 0.25) is 20.7 Å². The SMILES string of the molecule is NC(=O)c1cc2cc(C(F)(F)P(O)O)ccc2s1.O=C1CCC/C=C\C2CCCN12.O=CN1CCC(c2ccccc2)C1. The van der Waals surface area contributed by atoms with E-state index in [1.807, 2.05) is 15.9 Å². The second-order valence-corrected chi connectivity index (χ2v) is 12.9. The van der Waals surface area contributed by atoms with Gasteiger partial charge in [0, 0.05) is 42.2 Å². The Balaban J connectivity index is 0.000000151. The average molecular weight is 632 g/mol. The van der Waals surface area contributed by atoms with E-state index in [1.54, 1.807) is 0 Å². The smallest absolute Gasteiger partial charge is 0.339 e. The van der Waals surface area contributed by atoms with Gasteiger partial charge in [0.1, 0.15) is 0 Å². The highest BCUT2D eigenvalue weighted by molar-refractivity contribution is 7.46. The van der Waals surface area contributed by atoms with Gasteiger partial charge in [-0.05, 0) is 61.3 Å². The molecule has 43 heavy (non-hydrogen) atoms. The van der Waals surface area contributed by atoms with Crippen LogP contribution in [-0.4, -0.2) is 63.5 Å². The number of thiophene rings is 1. The molecule has 230 valence electrons. The van der Waals surface area contributed by atoms with E-state index < -0.39 is 25.5 Å². The van der Waals surface area contributed by atoms with E-state index in [0.717, 1.165) is 75.2 Å². The Labute approximate surface area is 254 Å². The number of likely N-dealkylation sites (tertiary alicyclic amines) is 1. The first-order valence-electron chi connectivity index (χ1n) is 14.2. The summed E-state index contributed by atoms with van der Waals surface area (Å²) in [4.78, 5) is 54.6. The van der Waals surface area contributed by atoms with Crippen molar-refractivity contribution in [1.29, 1.82) is 0 Å². The molecule has 6 rings (SSSR count). The summed E-state index contributed by atoms with van der Waals surface area (Å²) < 4.78 is 27.5. The lowest BCUT2D eigenvalue weighted by molar-refractivity contribution is -0.131. The fourth-order valence-corrected chi connectivity index (χ4v) is 6.68. The fraction of sp³-hybridized carbons (Fsp3) is 0.387. The fourth-order valence-electron chi connectivity index (χ4n) is 5.42. The largest absolute Gasteiger partial charge is 0.365 e. The topological polar surface area (TPSA) is 124 Å². The van der Waals surface area contributed by atoms with Gasteiger partial charge in [-0.3, -0.25) is 14.4 Å². The first kappa shape index (κ1) is 32.7. The van der Waals surface area contributed by atoms with E-state index >= 15 is 0 Å². The zero-order valence-electron chi connectivity index (χ0n) is 23.6. The highest BCUT2D eigenvalue weighted by Gasteiger charge is 2.41. The maximum Gasteiger partial charge on any atom is 0.339 e. The molecule has 2 aromatic carbocycles. The van der Waals surface area contributed by atoms with Crippen LogP contribution in [0.25, 0.3) is 10.1 Å². The Hall–Kier alpha value is -3.24. The molecular formula is C31H36F2N3O5PS. The van der Waals surface area contributed by atoms with Gasteiger partial charge in [0.15, 0.2) is 0 Å². The van der Waals surface area contributed by atoms with Crippen LogP contribution in [0, 0.1) is 0 Å². The van der Waals surface area contributed by atoms with Gasteiger partial charge in [0.05, 0.1) is 10.9 Å². The molecule has 2 saturated heterocycles. The lowest BCUT2D eigenvalue weighted by Gasteiger charge is -2.23. The minimum absolute atomic E-state index is 0.265. The highest BCUT2D eigenvalue weighted by atomic mass is 32.1. The van der Waals surface area contributed by atoms with Crippen molar-refractivity contribution in [3.63, 3.8) is 0 Å². The van der Waals surface area contributed by atoms with Crippen molar-refractivity contribution in [2.45, 2.75) is 56.1 Å². The number of amides is 3. The van der Waals surface area contributed by atoms with E-state index in [2.05, 4.69) is 36.4 Å². The highest BCUT2D eigenvalue weighted by Crippen LogP contribution is 2.53. The van der Waals surface area contributed by atoms with Gasteiger partial charge in [-0.2, -0.15) is 8.78 Å². The van der Waals surface area contributed by atoms with Crippen molar-refractivity contribution in [2.24, 2.45) is 5.73 Å². The van der Waals surface area contributed by atoms with Crippen LogP contribution < -0.4 is 5.73 Å². The first-order chi connectivity index (χ1) is 20.6. The van der Waals surface area contributed by atoms with Crippen LogP contribution in [-0.2, 0) is 15.3 Å². The molecule has 2 fully saturated rings. The van der Waals surface area contributed by atoms with Gasteiger partial charge in [-0.25, -0.2) is 0 Å². The number of nitrogens with two attached hydrogens (primary N) is 1. The second-order valence-electron chi connectivity index (χ2n) is 10.7. The van der Waals surface area contributed by atoms with Gasteiger partial charge >= 0.3 is 5.66 Å². The molecule has 0 saturated carbocycles. The summed E-state index contributed by atoms with van der Waals surface area (Å²) in [7, 11) is -3.40. The Kier molecular flexibility index (Phi) is 11.4. The van der Waals surface area contributed by atoms with Gasteiger partial charge in [-0.15, -0.1) is 11.3 Å². The van der Waals surface area contributed by atoms with E-state index in [-0.39, 0.29) is 4.88 Å².